The van der Waals surface area contributed by atoms with Gasteiger partial charge in [-0.25, -0.2) is 0 Å². The minimum Gasteiger partial charge on any atom is -0.374 e. The maximum atomic E-state index is 14.1. The quantitative estimate of drug-likeness (QED) is 0.399. The number of halogens is 6. The van der Waals surface area contributed by atoms with Crippen LogP contribution in [0.25, 0.3) is 0 Å². The van der Waals surface area contributed by atoms with E-state index in [9.17, 15) is 18.0 Å². The molecule has 0 saturated heterocycles. The molecule has 0 bridgehead atoms. The highest BCUT2D eigenvalue weighted by atomic mass is 35.5. The number of hydrogen-bond acceptors (Lipinski definition) is 4. The number of benzene rings is 2. The second kappa shape index (κ2) is 9.61. The van der Waals surface area contributed by atoms with Crippen LogP contribution in [0.15, 0.2) is 41.6 Å². The highest BCUT2D eigenvalue weighted by Gasteiger charge is 2.62. The van der Waals surface area contributed by atoms with Gasteiger partial charge in [-0.05, 0) is 42.5 Å². The molecule has 10 heteroatoms. The monoisotopic (exact) mass is 509 g/mol. The number of Topliss-reactive ketones (excluding diaryl/α,β-unsaturated/α-hetero) is 1. The van der Waals surface area contributed by atoms with Crippen molar-refractivity contribution in [1.82, 2.24) is 0 Å². The lowest BCUT2D eigenvalue weighted by atomic mass is 9.86. The summed E-state index contributed by atoms with van der Waals surface area (Å²) in [6, 6.07) is 8.53. The second-order valence-corrected chi connectivity index (χ2v) is 9.21. The topological polar surface area (TPSA) is 38.7 Å². The molecule has 0 fully saturated rings. The lowest BCUT2D eigenvalue weighted by molar-refractivity contribution is -0.275. The molecule has 0 spiro atoms. The maximum Gasteiger partial charge on any atom is 0.435 e. The molecule has 0 aliphatic carbocycles. The average molecular weight is 511 g/mol. The summed E-state index contributed by atoms with van der Waals surface area (Å²) in [7, 11) is 0. The van der Waals surface area contributed by atoms with Crippen molar-refractivity contribution in [1.29, 1.82) is 0 Å². The smallest absolute Gasteiger partial charge is 0.374 e. The van der Waals surface area contributed by atoms with Crippen LogP contribution in [0, 0.1) is 0 Å². The van der Waals surface area contributed by atoms with E-state index in [0.717, 1.165) is 5.56 Å². The van der Waals surface area contributed by atoms with Crippen LogP contribution in [-0.2, 0) is 21.7 Å². The van der Waals surface area contributed by atoms with Gasteiger partial charge in [0.1, 0.15) is 5.78 Å². The molecular weight excluding hydrogens is 494 g/mol. The van der Waals surface area contributed by atoms with E-state index in [0.29, 0.717) is 29.2 Å². The molecule has 2 aromatic rings. The minimum absolute atomic E-state index is 0.0617. The Morgan fingerprint density at radius 1 is 1.16 bits per heavy atom. The molecule has 31 heavy (non-hydrogen) atoms. The Kier molecular flexibility index (Phi) is 7.51. The molecular formula is C21H17Cl3F3NO2S. The maximum absolute atomic E-state index is 14.1. The van der Waals surface area contributed by atoms with Crippen molar-refractivity contribution in [2.75, 3.05) is 12.0 Å². The van der Waals surface area contributed by atoms with Gasteiger partial charge in [0.25, 0.3) is 5.60 Å². The first kappa shape index (κ1) is 24.2. The number of carbonyl (C=O) groups excluding carboxylic acids is 1. The van der Waals surface area contributed by atoms with Gasteiger partial charge in [-0.2, -0.15) is 24.9 Å². The van der Waals surface area contributed by atoms with Crippen LogP contribution in [0.5, 0.6) is 0 Å². The van der Waals surface area contributed by atoms with Gasteiger partial charge in [-0.15, -0.1) is 0 Å². The summed E-state index contributed by atoms with van der Waals surface area (Å²) in [5, 5.41) is 4.20. The second-order valence-electron chi connectivity index (χ2n) is 7.07. The van der Waals surface area contributed by atoms with Gasteiger partial charge in [-0.1, -0.05) is 52.1 Å². The van der Waals surface area contributed by atoms with E-state index in [2.05, 4.69) is 5.16 Å². The third kappa shape index (κ3) is 5.33. The molecule has 1 heterocycles. The fourth-order valence-electron chi connectivity index (χ4n) is 3.28. The van der Waals surface area contributed by atoms with Gasteiger partial charge >= 0.3 is 6.18 Å². The molecule has 0 aromatic heterocycles. The van der Waals surface area contributed by atoms with E-state index in [-0.39, 0.29) is 27.1 Å². The first-order valence-corrected chi connectivity index (χ1v) is 11.7. The van der Waals surface area contributed by atoms with E-state index in [1.165, 1.54) is 36.0 Å². The predicted octanol–water partition coefficient (Wildman–Crippen LogP) is 7.09. The van der Waals surface area contributed by atoms with E-state index in [1.54, 1.807) is 12.1 Å². The first-order valence-electron chi connectivity index (χ1n) is 9.13. The Balaban J connectivity index is 1.85. The number of rotatable bonds is 7. The van der Waals surface area contributed by atoms with Crippen LogP contribution in [0.3, 0.4) is 0 Å². The van der Waals surface area contributed by atoms with E-state index in [1.807, 2.05) is 6.26 Å². The molecule has 1 aliphatic rings. The molecule has 1 atom stereocenters. The fraction of sp³-hybridized carbons (Fsp3) is 0.333. The molecule has 0 saturated carbocycles. The SMILES string of the molecule is CSCC(=O)CCc1ccc(C2=NOC(c3cc(Cl)cc(Cl)c3)(C(F)(F)F)C2)cc1Cl. The minimum atomic E-state index is -4.77. The number of hydrogen-bond donors (Lipinski definition) is 0. The Morgan fingerprint density at radius 3 is 2.42 bits per heavy atom. The van der Waals surface area contributed by atoms with Crippen molar-refractivity contribution in [3.8, 4) is 0 Å². The van der Waals surface area contributed by atoms with Gasteiger partial charge in [0.15, 0.2) is 0 Å². The highest BCUT2D eigenvalue weighted by Crippen LogP contribution is 2.49. The van der Waals surface area contributed by atoms with Crippen molar-refractivity contribution in [2.24, 2.45) is 5.16 Å². The van der Waals surface area contributed by atoms with Crippen molar-refractivity contribution in [2.45, 2.75) is 31.0 Å². The molecule has 3 nitrogen and oxygen atoms in total. The van der Waals surface area contributed by atoms with E-state index in [4.69, 9.17) is 39.6 Å². The van der Waals surface area contributed by atoms with Crippen molar-refractivity contribution >= 4 is 58.1 Å². The van der Waals surface area contributed by atoms with E-state index >= 15 is 0 Å². The number of ketones is 1. The van der Waals surface area contributed by atoms with Crippen LogP contribution >= 0.6 is 46.6 Å². The van der Waals surface area contributed by atoms with Crippen LogP contribution in [-0.4, -0.2) is 29.7 Å². The number of nitrogens with zero attached hydrogens (tertiary/aromatic N) is 1. The molecule has 0 radical (unpaired) electrons. The van der Waals surface area contributed by atoms with Gasteiger partial charge in [0.2, 0.25) is 0 Å². The molecule has 166 valence electrons. The molecule has 2 aromatic carbocycles. The fourth-order valence-corrected chi connectivity index (χ4v) is 4.55. The molecule has 0 amide bonds. The molecule has 0 N–H and O–H groups in total. The molecule has 1 aliphatic heterocycles. The zero-order valence-electron chi connectivity index (χ0n) is 16.2. The Bertz CT molecular complexity index is 1010. The summed E-state index contributed by atoms with van der Waals surface area (Å²) in [4.78, 5) is 16.7. The summed E-state index contributed by atoms with van der Waals surface area (Å²) in [6.07, 6.45) is -2.68. The third-order valence-corrected chi connectivity index (χ3v) is 6.28. The highest BCUT2D eigenvalue weighted by molar-refractivity contribution is 7.99. The number of carbonyl (C=O) groups is 1. The third-order valence-electron chi connectivity index (χ3n) is 4.88. The van der Waals surface area contributed by atoms with Crippen molar-refractivity contribution in [3.05, 3.63) is 68.2 Å². The van der Waals surface area contributed by atoms with Crippen molar-refractivity contribution in [3.63, 3.8) is 0 Å². The zero-order chi connectivity index (χ0) is 22.8. The standard InChI is InChI=1S/C21H17Cl3F3NO2S/c1-31-11-17(29)5-4-12-2-3-13(6-18(12)24)19-10-20(30-28-19,21(25,26)27)14-7-15(22)9-16(23)8-14/h2-3,6-9H,4-5,10-11H2,1H3. The number of aryl methyl sites for hydroxylation is 1. The summed E-state index contributed by atoms with van der Waals surface area (Å²) in [6.45, 7) is 0. The van der Waals surface area contributed by atoms with Crippen molar-refractivity contribution < 1.29 is 22.8 Å². The van der Waals surface area contributed by atoms with Gasteiger partial charge in [0.05, 0.1) is 11.5 Å². The Morgan fingerprint density at radius 2 is 1.84 bits per heavy atom. The summed E-state index contributed by atoms with van der Waals surface area (Å²) in [5.74, 6) is 0.535. The zero-order valence-corrected chi connectivity index (χ0v) is 19.3. The predicted molar refractivity (Wildman–Crippen MR) is 120 cm³/mol. The lowest BCUT2D eigenvalue weighted by Gasteiger charge is -2.29. The number of oxime groups is 1. The summed E-state index contributed by atoms with van der Waals surface area (Å²) < 4.78 is 42.3. The summed E-state index contributed by atoms with van der Waals surface area (Å²) in [5.41, 5.74) is -1.69. The van der Waals surface area contributed by atoms with Gasteiger partial charge in [0, 0.05) is 39.0 Å². The normalized spacial score (nSPS) is 18.6. The first-order chi connectivity index (χ1) is 14.6. The Labute approximate surface area is 196 Å². The van der Waals surface area contributed by atoms with Gasteiger partial charge in [-0.3, -0.25) is 4.79 Å². The molecule has 1 unspecified atom stereocenters. The average Bonchev–Trinajstić information content (AvgIpc) is 3.13. The lowest BCUT2D eigenvalue weighted by Crippen LogP contribution is -2.42. The largest absolute Gasteiger partial charge is 0.435 e. The van der Waals surface area contributed by atoms with Crippen LogP contribution in [0.1, 0.15) is 29.5 Å². The van der Waals surface area contributed by atoms with Crippen LogP contribution < -0.4 is 0 Å². The van der Waals surface area contributed by atoms with Crippen LogP contribution in [0.2, 0.25) is 15.1 Å². The number of thioether (sulfide) groups is 1. The Hall–Kier alpha value is -1.41. The number of alkyl halides is 3. The van der Waals surface area contributed by atoms with Crippen LogP contribution in [0.4, 0.5) is 13.2 Å². The van der Waals surface area contributed by atoms with E-state index < -0.39 is 18.2 Å². The summed E-state index contributed by atoms with van der Waals surface area (Å²) >= 11 is 19.6. The molecule has 3 rings (SSSR count). The van der Waals surface area contributed by atoms with Gasteiger partial charge < -0.3 is 4.84 Å².